The van der Waals surface area contributed by atoms with E-state index in [1.165, 1.54) is 12.4 Å². The van der Waals surface area contributed by atoms with Crippen molar-refractivity contribution in [3.8, 4) is 12.1 Å². The fourth-order valence-electron chi connectivity index (χ4n) is 1.39. The van der Waals surface area contributed by atoms with E-state index in [4.69, 9.17) is 10.5 Å². The number of nitrogens with zero attached hydrogens (tertiary/aromatic N) is 4. The molecule has 0 aromatic carbocycles. The standard InChI is InChI=1S/C10H10N8/c11-3-7-5-15-17-9(7)13-1-2-14-10-8(4-12)6-16-18-10/h5-6H,1-2H2,(H2,13,15,17)(H2,14,16,18). The van der Waals surface area contributed by atoms with Gasteiger partial charge in [0, 0.05) is 13.1 Å². The van der Waals surface area contributed by atoms with Crippen LogP contribution in [0.5, 0.6) is 0 Å². The minimum Gasteiger partial charge on any atom is -0.368 e. The van der Waals surface area contributed by atoms with Gasteiger partial charge in [0.1, 0.15) is 34.9 Å². The highest BCUT2D eigenvalue weighted by atomic mass is 15.2. The lowest BCUT2D eigenvalue weighted by Crippen LogP contribution is -2.15. The Kier molecular flexibility index (Phi) is 3.42. The number of aromatic amines is 2. The van der Waals surface area contributed by atoms with Crippen molar-refractivity contribution in [1.82, 2.24) is 20.4 Å². The minimum atomic E-state index is 0.467. The maximum absolute atomic E-state index is 8.77. The summed E-state index contributed by atoms with van der Waals surface area (Å²) >= 11 is 0. The molecule has 0 amide bonds. The van der Waals surface area contributed by atoms with Crippen molar-refractivity contribution in [3.63, 3.8) is 0 Å². The molecule has 0 fully saturated rings. The molecular weight excluding hydrogens is 232 g/mol. The third-order valence-electron chi connectivity index (χ3n) is 2.25. The summed E-state index contributed by atoms with van der Waals surface area (Å²) in [5, 5.41) is 36.5. The molecule has 4 N–H and O–H groups in total. The Morgan fingerprint density at radius 3 is 1.78 bits per heavy atom. The van der Waals surface area contributed by atoms with E-state index in [0.717, 1.165) is 0 Å². The van der Waals surface area contributed by atoms with Gasteiger partial charge in [-0.05, 0) is 0 Å². The summed E-state index contributed by atoms with van der Waals surface area (Å²) in [7, 11) is 0. The highest BCUT2D eigenvalue weighted by molar-refractivity contribution is 5.51. The van der Waals surface area contributed by atoms with E-state index < -0.39 is 0 Å². The molecule has 0 saturated heterocycles. The Balaban J connectivity index is 1.81. The predicted molar refractivity (Wildman–Crippen MR) is 63.6 cm³/mol. The first-order chi connectivity index (χ1) is 8.85. The van der Waals surface area contributed by atoms with Crippen LogP contribution in [-0.4, -0.2) is 33.5 Å². The van der Waals surface area contributed by atoms with Crippen LogP contribution in [0.25, 0.3) is 0 Å². The monoisotopic (exact) mass is 242 g/mol. The number of aromatic nitrogens is 4. The normalized spacial score (nSPS) is 9.44. The lowest BCUT2D eigenvalue weighted by atomic mass is 10.3. The highest BCUT2D eigenvalue weighted by Gasteiger charge is 2.04. The van der Waals surface area contributed by atoms with E-state index in [1.54, 1.807) is 0 Å². The predicted octanol–water partition coefficient (Wildman–Crippen LogP) is 0.400. The summed E-state index contributed by atoms with van der Waals surface area (Å²) in [6, 6.07) is 4.02. The van der Waals surface area contributed by atoms with Gasteiger partial charge in [0.15, 0.2) is 0 Å². The van der Waals surface area contributed by atoms with Gasteiger partial charge in [0.2, 0.25) is 0 Å². The lowest BCUT2D eigenvalue weighted by molar-refractivity contribution is 1.01. The van der Waals surface area contributed by atoms with Crippen LogP contribution >= 0.6 is 0 Å². The zero-order valence-electron chi connectivity index (χ0n) is 9.36. The fourth-order valence-corrected chi connectivity index (χ4v) is 1.39. The number of nitrogens with one attached hydrogen (secondary N) is 4. The molecular formula is C10H10N8. The maximum atomic E-state index is 8.77. The first kappa shape index (κ1) is 11.5. The molecule has 0 aliphatic carbocycles. The molecule has 18 heavy (non-hydrogen) atoms. The van der Waals surface area contributed by atoms with Gasteiger partial charge in [0.25, 0.3) is 0 Å². The zero-order chi connectivity index (χ0) is 12.8. The molecule has 0 spiro atoms. The molecule has 2 heterocycles. The second-order valence-electron chi connectivity index (χ2n) is 3.39. The summed E-state index contributed by atoms with van der Waals surface area (Å²) in [5.74, 6) is 1.17. The third kappa shape index (κ3) is 2.39. The Morgan fingerprint density at radius 1 is 0.944 bits per heavy atom. The SMILES string of the molecule is N#Cc1cn[nH]c1NCCNc1[nH]ncc1C#N. The van der Waals surface area contributed by atoms with E-state index in [9.17, 15) is 0 Å². The van der Waals surface area contributed by atoms with Gasteiger partial charge in [-0.25, -0.2) is 0 Å². The topological polar surface area (TPSA) is 129 Å². The van der Waals surface area contributed by atoms with Crippen molar-refractivity contribution in [2.75, 3.05) is 23.7 Å². The van der Waals surface area contributed by atoms with E-state index in [0.29, 0.717) is 35.9 Å². The minimum absolute atomic E-state index is 0.467. The van der Waals surface area contributed by atoms with Gasteiger partial charge >= 0.3 is 0 Å². The summed E-state index contributed by atoms with van der Waals surface area (Å²) in [5.41, 5.74) is 0.934. The second kappa shape index (κ2) is 5.37. The summed E-state index contributed by atoms with van der Waals surface area (Å²) in [6.45, 7) is 1.14. The van der Waals surface area contributed by atoms with Crippen molar-refractivity contribution < 1.29 is 0 Å². The first-order valence-electron chi connectivity index (χ1n) is 5.20. The zero-order valence-corrected chi connectivity index (χ0v) is 9.36. The van der Waals surface area contributed by atoms with Crippen LogP contribution in [0, 0.1) is 22.7 Å². The smallest absolute Gasteiger partial charge is 0.139 e. The maximum Gasteiger partial charge on any atom is 0.139 e. The summed E-state index contributed by atoms with van der Waals surface area (Å²) in [4.78, 5) is 0. The Labute approximate surface area is 103 Å². The van der Waals surface area contributed by atoms with Crippen LogP contribution in [0.15, 0.2) is 12.4 Å². The fraction of sp³-hybridized carbons (Fsp3) is 0.200. The van der Waals surface area contributed by atoms with Gasteiger partial charge in [0.05, 0.1) is 12.4 Å². The number of hydrogen-bond donors (Lipinski definition) is 4. The van der Waals surface area contributed by atoms with Gasteiger partial charge in [-0.2, -0.15) is 20.7 Å². The molecule has 0 saturated carbocycles. The van der Waals surface area contributed by atoms with Crippen molar-refractivity contribution in [2.24, 2.45) is 0 Å². The van der Waals surface area contributed by atoms with Gasteiger partial charge in [-0.3, -0.25) is 10.2 Å². The lowest BCUT2D eigenvalue weighted by Gasteiger charge is -2.05. The quantitative estimate of drug-likeness (QED) is 0.561. The van der Waals surface area contributed by atoms with E-state index in [1.807, 2.05) is 12.1 Å². The van der Waals surface area contributed by atoms with Crippen molar-refractivity contribution >= 4 is 11.6 Å². The van der Waals surface area contributed by atoms with E-state index in [-0.39, 0.29) is 0 Å². The van der Waals surface area contributed by atoms with Gasteiger partial charge < -0.3 is 10.6 Å². The Hall–Kier alpha value is -3.00. The number of hydrogen-bond acceptors (Lipinski definition) is 6. The molecule has 0 aliphatic rings. The number of nitriles is 2. The molecule has 8 heteroatoms. The average molecular weight is 242 g/mol. The molecule has 2 aromatic rings. The van der Waals surface area contributed by atoms with Crippen LogP contribution in [-0.2, 0) is 0 Å². The van der Waals surface area contributed by atoms with Crippen LogP contribution in [0.2, 0.25) is 0 Å². The number of rotatable bonds is 5. The summed E-state index contributed by atoms with van der Waals surface area (Å²) < 4.78 is 0. The molecule has 0 unspecified atom stereocenters. The van der Waals surface area contributed by atoms with Crippen LogP contribution in [0.4, 0.5) is 11.6 Å². The molecule has 0 aliphatic heterocycles. The van der Waals surface area contributed by atoms with E-state index >= 15 is 0 Å². The van der Waals surface area contributed by atoms with Crippen LogP contribution in [0.1, 0.15) is 11.1 Å². The largest absolute Gasteiger partial charge is 0.368 e. The molecule has 2 rings (SSSR count). The first-order valence-corrected chi connectivity index (χ1v) is 5.20. The van der Waals surface area contributed by atoms with Crippen LogP contribution in [0.3, 0.4) is 0 Å². The molecule has 0 radical (unpaired) electrons. The van der Waals surface area contributed by atoms with E-state index in [2.05, 4.69) is 31.0 Å². The highest BCUT2D eigenvalue weighted by Crippen LogP contribution is 2.09. The van der Waals surface area contributed by atoms with Crippen LogP contribution < -0.4 is 10.6 Å². The van der Waals surface area contributed by atoms with Crippen molar-refractivity contribution in [1.29, 1.82) is 10.5 Å². The Morgan fingerprint density at radius 2 is 1.39 bits per heavy atom. The molecule has 0 bridgehead atoms. The van der Waals surface area contributed by atoms with Gasteiger partial charge in [-0.1, -0.05) is 0 Å². The number of anilines is 2. The average Bonchev–Trinajstić information content (AvgIpc) is 3.02. The van der Waals surface area contributed by atoms with Gasteiger partial charge in [-0.15, -0.1) is 0 Å². The third-order valence-corrected chi connectivity index (χ3v) is 2.25. The summed E-state index contributed by atoms with van der Waals surface area (Å²) in [6.07, 6.45) is 2.91. The molecule has 8 nitrogen and oxygen atoms in total. The number of H-pyrrole nitrogens is 2. The molecule has 0 atom stereocenters. The second-order valence-corrected chi connectivity index (χ2v) is 3.39. The molecule has 2 aromatic heterocycles. The van der Waals surface area contributed by atoms with Crippen molar-refractivity contribution in [3.05, 3.63) is 23.5 Å². The Bertz CT molecular complexity index is 542. The molecule has 90 valence electrons. The van der Waals surface area contributed by atoms with Crippen molar-refractivity contribution in [2.45, 2.75) is 0 Å².